The largest absolute Gasteiger partial charge is 0.395 e. The molecule has 0 bridgehead atoms. The Morgan fingerprint density at radius 3 is 2.74 bits per heavy atom. The fraction of sp³-hybridized carbons (Fsp3) is 0.467. The molecule has 1 aromatic rings. The summed E-state index contributed by atoms with van der Waals surface area (Å²) in [5, 5.41) is 9.07. The van der Waals surface area contributed by atoms with Crippen LogP contribution in [0.3, 0.4) is 0 Å². The highest BCUT2D eigenvalue weighted by molar-refractivity contribution is 5.41. The topological polar surface area (TPSA) is 49.5 Å². The Morgan fingerprint density at radius 1 is 1.42 bits per heavy atom. The van der Waals surface area contributed by atoms with Crippen LogP contribution in [0.15, 0.2) is 18.2 Å². The fourth-order valence-electron chi connectivity index (χ4n) is 1.82. The van der Waals surface area contributed by atoms with E-state index in [0.717, 1.165) is 5.56 Å². The van der Waals surface area contributed by atoms with Crippen LogP contribution in [-0.2, 0) is 6.54 Å². The van der Waals surface area contributed by atoms with E-state index in [0.29, 0.717) is 24.7 Å². The van der Waals surface area contributed by atoms with Gasteiger partial charge in [0.1, 0.15) is 5.82 Å². The van der Waals surface area contributed by atoms with Gasteiger partial charge >= 0.3 is 0 Å². The van der Waals surface area contributed by atoms with Crippen LogP contribution in [0.1, 0.15) is 25.0 Å². The lowest BCUT2D eigenvalue weighted by Crippen LogP contribution is -2.33. The predicted octanol–water partition coefficient (Wildman–Crippen LogP) is 1.34. The molecule has 0 radical (unpaired) electrons. The first kappa shape index (κ1) is 15.6. The van der Waals surface area contributed by atoms with Crippen molar-refractivity contribution in [3.63, 3.8) is 0 Å². The van der Waals surface area contributed by atoms with Gasteiger partial charge in [-0.1, -0.05) is 17.9 Å². The molecule has 0 saturated carbocycles. The number of aliphatic hydroxyl groups excluding tert-OH is 1. The summed E-state index contributed by atoms with van der Waals surface area (Å²) in [5.74, 6) is 5.34. The van der Waals surface area contributed by atoms with Gasteiger partial charge in [0.05, 0.1) is 13.2 Å². The van der Waals surface area contributed by atoms with Crippen LogP contribution < -0.4 is 5.73 Å². The third kappa shape index (κ3) is 4.99. The van der Waals surface area contributed by atoms with Crippen LogP contribution in [-0.4, -0.2) is 35.7 Å². The molecular weight excluding hydrogens is 243 g/mol. The summed E-state index contributed by atoms with van der Waals surface area (Å²) in [4.78, 5) is 2.11. The van der Waals surface area contributed by atoms with Crippen LogP contribution in [0.2, 0.25) is 0 Å². The molecule has 1 aromatic carbocycles. The van der Waals surface area contributed by atoms with Gasteiger partial charge in [0.2, 0.25) is 0 Å². The Morgan fingerprint density at radius 2 is 2.16 bits per heavy atom. The first-order valence-electron chi connectivity index (χ1n) is 6.40. The van der Waals surface area contributed by atoms with Gasteiger partial charge in [-0.25, -0.2) is 4.39 Å². The first-order chi connectivity index (χ1) is 9.08. The van der Waals surface area contributed by atoms with Crippen LogP contribution in [0.25, 0.3) is 0 Å². The Hall–Kier alpha value is -1.41. The number of benzene rings is 1. The van der Waals surface area contributed by atoms with Crippen molar-refractivity contribution in [3.8, 4) is 11.8 Å². The number of hydrogen-bond donors (Lipinski definition) is 2. The lowest BCUT2D eigenvalue weighted by molar-refractivity contribution is 0.159. The van der Waals surface area contributed by atoms with Crippen molar-refractivity contribution in [2.24, 2.45) is 5.73 Å². The SMILES string of the molecule is CC(C)N(CCO)Cc1ccc(F)cc1C#CCN. The second kappa shape index (κ2) is 7.90. The molecule has 0 aliphatic carbocycles. The van der Waals surface area contributed by atoms with E-state index in [1.807, 2.05) is 0 Å². The average Bonchev–Trinajstić information content (AvgIpc) is 2.37. The van der Waals surface area contributed by atoms with E-state index in [4.69, 9.17) is 10.8 Å². The zero-order chi connectivity index (χ0) is 14.3. The van der Waals surface area contributed by atoms with Crippen LogP contribution in [0.4, 0.5) is 4.39 Å². The smallest absolute Gasteiger partial charge is 0.124 e. The summed E-state index contributed by atoms with van der Waals surface area (Å²) in [7, 11) is 0. The molecule has 0 amide bonds. The number of aliphatic hydroxyl groups is 1. The second-order valence-corrected chi connectivity index (χ2v) is 4.60. The minimum atomic E-state index is -0.302. The van der Waals surface area contributed by atoms with Crippen LogP contribution in [0, 0.1) is 17.7 Å². The van der Waals surface area contributed by atoms with E-state index in [2.05, 4.69) is 30.6 Å². The first-order valence-corrected chi connectivity index (χ1v) is 6.40. The van der Waals surface area contributed by atoms with Crippen molar-refractivity contribution >= 4 is 0 Å². The maximum Gasteiger partial charge on any atom is 0.124 e. The minimum Gasteiger partial charge on any atom is -0.395 e. The normalized spacial score (nSPS) is 10.7. The zero-order valence-electron chi connectivity index (χ0n) is 11.5. The highest BCUT2D eigenvalue weighted by Gasteiger charge is 2.12. The zero-order valence-corrected chi connectivity index (χ0v) is 11.5. The molecular formula is C15H21FN2O. The van der Waals surface area contributed by atoms with E-state index >= 15 is 0 Å². The van der Waals surface area contributed by atoms with E-state index in [1.54, 1.807) is 6.07 Å². The third-order valence-corrected chi connectivity index (χ3v) is 2.89. The molecule has 0 saturated heterocycles. The third-order valence-electron chi connectivity index (χ3n) is 2.89. The van der Waals surface area contributed by atoms with Crippen molar-refractivity contribution in [1.82, 2.24) is 4.90 Å². The molecule has 3 N–H and O–H groups in total. The average molecular weight is 264 g/mol. The van der Waals surface area contributed by atoms with E-state index in [1.165, 1.54) is 12.1 Å². The molecule has 0 aliphatic rings. The highest BCUT2D eigenvalue weighted by Crippen LogP contribution is 2.14. The maximum absolute atomic E-state index is 13.3. The molecule has 0 fully saturated rings. The Kier molecular flexibility index (Phi) is 6.51. The molecule has 0 unspecified atom stereocenters. The summed E-state index contributed by atoms with van der Waals surface area (Å²) in [6, 6.07) is 4.89. The number of hydrogen-bond acceptors (Lipinski definition) is 3. The molecule has 19 heavy (non-hydrogen) atoms. The van der Waals surface area contributed by atoms with Gasteiger partial charge in [0.25, 0.3) is 0 Å². The fourth-order valence-corrected chi connectivity index (χ4v) is 1.82. The van der Waals surface area contributed by atoms with Crippen molar-refractivity contribution in [1.29, 1.82) is 0 Å². The standard InChI is InChI=1S/C15H21FN2O/c1-12(2)18(8-9-19)11-14-5-6-15(16)10-13(14)4-3-7-17/h5-6,10,12,19H,7-9,11,17H2,1-2H3. The molecule has 3 nitrogen and oxygen atoms in total. The number of rotatable bonds is 5. The monoisotopic (exact) mass is 264 g/mol. The Bertz CT molecular complexity index is 463. The lowest BCUT2D eigenvalue weighted by atomic mass is 10.1. The van der Waals surface area contributed by atoms with Crippen LogP contribution >= 0.6 is 0 Å². The van der Waals surface area contributed by atoms with E-state index in [9.17, 15) is 4.39 Å². The van der Waals surface area contributed by atoms with Crippen molar-refractivity contribution < 1.29 is 9.50 Å². The van der Waals surface area contributed by atoms with Crippen molar-refractivity contribution in [3.05, 3.63) is 35.1 Å². The summed E-state index contributed by atoms with van der Waals surface area (Å²) >= 11 is 0. The van der Waals surface area contributed by atoms with Gasteiger partial charge in [-0.2, -0.15) is 0 Å². The predicted molar refractivity (Wildman–Crippen MR) is 75.0 cm³/mol. The summed E-state index contributed by atoms with van der Waals surface area (Å²) in [6.07, 6.45) is 0. The molecule has 104 valence electrons. The van der Waals surface area contributed by atoms with Crippen molar-refractivity contribution in [2.75, 3.05) is 19.7 Å². The van der Waals surface area contributed by atoms with Gasteiger partial charge in [0.15, 0.2) is 0 Å². The van der Waals surface area contributed by atoms with Gasteiger partial charge < -0.3 is 10.8 Å². The quantitative estimate of drug-likeness (QED) is 0.789. The number of halogens is 1. The Balaban J connectivity index is 2.98. The van der Waals surface area contributed by atoms with E-state index in [-0.39, 0.29) is 19.0 Å². The summed E-state index contributed by atoms with van der Waals surface area (Å²) < 4.78 is 13.3. The van der Waals surface area contributed by atoms with Gasteiger partial charge in [0, 0.05) is 24.7 Å². The molecule has 0 atom stereocenters. The summed E-state index contributed by atoms with van der Waals surface area (Å²) in [5.41, 5.74) is 6.96. The Labute approximate surface area is 114 Å². The maximum atomic E-state index is 13.3. The molecule has 0 aliphatic heterocycles. The lowest BCUT2D eigenvalue weighted by Gasteiger charge is -2.26. The van der Waals surface area contributed by atoms with Gasteiger partial charge in [-0.3, -0.25) is 4.90 Å². The molecule has 0 heterocycles. The minimum absolute atomic E-state index is 0.100. The molecule has 1 rings (SSSR count). The highest BCUT2D eigenvalue weighted by atomic mass is 19.1. The van der Waals surface area contributed by atoms with E-state index < -0.39 is 0 Å². The summed E-state index contributed by atoms with van der Waals surface area (Å²) in [6.45, 7) is 5.68. The van der Waals surface area contributed by atoms with Crippen molar-refractivity contribution in [2.45, 2.75) is 26.4 Å². The van der Waals surface area contributed by atoms with Gasteiger partial charge in [-0.05, 0) is 31.5 Å². The molecule has 0 spiro atoms. The second-order valence-electron chi connectivity index (χ2n) is 4.60. The van der Waals surface area contributed by atoms with Crippen LogP contribution in [0.5, 0.6) is 0 Å². The molecule has 0 aromatic heterocycles. The number of nitrogens with zero attached hydrogens (tertiary/aromatic N) is 1. The van der Waals surface area contributed by atoms with Gasteiger partial charge in [-0.15, -0.1) is 0 Å². The number of nitrogens with two attached hydrogens (primary N) is 1. The molecule has 4 heteroatoms.